The fourth-order valence-electron chi connectivity index (χ4n) is 4.09. The van der Waals surface area contributed by atoms with Crippen molar-refractivity contribution < 1.29 is 9.90 Å². The molecule has 1 saturated heterocycles. The summed E-state index contributed by atoms with van der Waals surface area (Å²) < 4.78 is 0. The number of aryl methyl sites for hydroxylation is 1. The van der Waals surface area contributed by atoms with Gasteiger partial charge in [0.1, 0.15) is 0 Å². The van der Waals surface area contributed by atoms with E-state index in [9.17, 15) is 9.90 Å². The van der Waals surface area contributed by atoms with E-state index in [-0.39, 0.29) is 11.9 Å². The molecule has 0 saturated carbocycles. The number of halogens is 3. The summed E-state index contributed by atoms with van der Waals surface area (Å²) in [5, 5.41) is 12.4. The second-order valence-corrected chi connectivity index (χ2v) is 9.17. The highest BCUT2D eigenvalue weighted by Gasteiger charge is 2.34. The quantitative estimate of drug-likeness (QED) is 0.483. The average molecular weight is 490 g/mol. The molecule has 1 aliphatic rings. The van der Waals surface area contributed by atoms with Crippen molar-refractivity contribution >= 4 is 46.4 Å². The van der Waals surface area contributed by atoms with Crippen molar-refractivity contribution in [1.29, 1.82) is 0 Å². The van der Waals surface area contributed by atoms with Gasteiger partial charge >= 0.3 is 0 Å². The molecule has 3 aromatic carbocycles. The molecule has 1 amide bonds. The Morgan fingerprint density at radius 3 is 2.38 bits per heavy atom. The number of hydrogen-bond donors (Lipinski definition) is 1. The first-order valence-electron chi connectivity index (χ1n) is 10.3. The van der Waals surface area contributed by atoms with Crippen LogP contribution in [0.15, 0.2) is 66.7 Å². The van der Waals surface area contributed by atoms with Gasteiger partial charge in [-0.1, -0.05) is 71.2 Å². The van der Waals surface area contributed by atoms with Crippen LogP contribution in [0, 0.1) is 6.92 Å². The molecule has 166 valence electrons. The molecular weight excluding hydrogens is 467 g/mol. The predicted octanol–water partition coefficient (Wildman–Crippen LogP) is 6.08. The number of anilines is 1. The lowest BCUT2D eigenvalue weighted by molar-refractivity contribution is -0.141. The first kappa shape index (κ1) is 22.9. The van der Waals surface area contributed by atoms with Crippen LogP contribution < -0.4 is 4.90 Å². The fourth-order valence-corrected chi connectivity index (χ4v) is 4.80. The number of rotatable bonds is 4. The van der Waals surface area contributed by atoms with Gasteiger partial charge < -0.3 is 14.9 Å². The molecule has 2 atom stereocenters. The molecule has 32 heavy (non-hydrogen) atoms. The molecule has 0 aromatic heterocycles. The maximum absolute atomic E-state index is 13.2. The number of aliphatic hydroxyl groups excluding tert-OH is 1. The van der Waals surface area contributed by atoms with Gasteiger partial charge in [-0.05, 0) is 48.4 Å². The molecule has 1 fully saturated rings. The summed E-state index contributed by atoms with van der Waals surface area (Å²) >= 11 is 18.9. The molecule has 7 heteroatoms. The Morgan fingerprint density at radius 1 is 0.969 bits per heavy atom. The van der Waals surface area contributed by atoms with Crippen LogP contribution in [0.4, 0.5) is 5.69 Å². The molecule has 1 heterocycles. The summed E-state index contributed by atoms with van der Waals surface area (Å²) in [5.41, 5.74) is 3.41. The summed E-state index contributed by atoms with van der Waals surface area (Å²) in [6.07, 6.45) is -1.32. The van der Waals surface area contributed by atoms with Gasteiger partial charge in [-0.3, -0.25) is 4.79 Å². The molecule has 0 spiro atoms. The fraction of sp³-hybridized carbons (Fsp3) is 0.240. The lowest BCUT2D eigenvalue weighted by Crippen LogP contribution is -2.51. The number of benzene rings is 3. The third-order valence-electron chi connectivity index (χ3n) is 5.79. The summed E-state index contributed by atoms with van der Waals surface area (Å²) in [6.45, 7) is 3.41. The maximum Gasteiger partial charge on any atom is 0.256 e. The van der Waals surface area contributed by atoms with Crippen LogP contribution >= 0.6 is 34.8 Å². The molecule has 0 unspecified atom stereocenters. The standard InChI is InChI=1S/C25H23Cl3N2O2/c1-16-6-11-22(21(28)14-16)30-13-12-29(15-23(30)17-7-9-18(26)10-8-17)25(32)24(31)19-4-2-3-5-20(19)27/h2-11,14,23-24,31H,12-13,15H2,1H3/t23-,24-/m0/s1. The number of amides is 1. The molecule has 0 aliphatic carbocycles. The predicted molar refractivity (Wildman–Crippen MR) is 131 cm³/mol. The minimum atomic E-state index is -1.32. The molecule has 3 aromatic rings. The average Bonchev–Trinajstić information content (AvgIpc) is 2.79. The van der Waals surface area contributed by atoms with Gasteiger partial charge in [0.2, 0.25) is 0 Å². The Morgan fingerprint density at radius 2 is 1.69 bits per heavy atom. The molecule has 1 aliphatic heterocycles. The maximum atomic E-state index is 13.2. The molecule has 4 nitrogen and oxygen atoms in total. The van der Waals surface area contributed by atoms with Crippen LogP contribution in [0.5, 0.6) is 0 Å². The van der Waals surface area contributed by atoms with E-state index >= 15 is 0 Å². The van der Waals surface area contributed by atoms with Crippen LogP contribution in [0.2, 0.25) is 15.1 Å². The number of carbonyl (C=O) groups excluding carboxylic acids is 1. The minimum absolute atomic E-state index is 0.149. The van der Waals surface area contributed by atoms with Crippen LogP contribution in [-0.4, -0.2) is 35.5 Å². The highest BCUT2D eigenvalue weighted by atomic mass is 35.5. The topological polar surface area (TPSA) is 43.8 Å². The Labute approximate surface area is 202 Å². The summed E-state index contributed by atoms with van der Waals surface area (Å²) in [4.78, 5) is 17.1. The first-order chi connectivity index (χ1) is 15.3. The molecule has 1 N–H and O–H groups in total. The SMILES string of the molecule is Cc1ccc(N2CCN(C(=O)[C@@H](O)c3ccccc3Cl)C[C@H]2c2ccc(Cl)cc2)c(Cl)c1. The van der Waals surface area contributed by atoms with Crippen molar-refractivity contribution in [3.05, 3.63) is 98.5 Å². The van der Waals surface area contributed by atoms with Crippen molar-refractivity contribution in [1.82, 2.24) is 4.90 Å². The summed E-state index contributed by atoms with van der Waals surface area (Å²) in [7, 11) is 0. The monoisotopic (exact) mass is 488 g/mol. The number of hydrogen-bond acceptors (Lipinski definition) is 3. The molecule has 0 bridgehead atoms. The Balaban J connectivity index is 1.65. The van der Waals surface area contributed by atoms with Crippen molar-refractivity contribution in [2.24, 2.45) is 0 Å². The minimum Gasteiger partial charge on any atom is -0.378 e. The first-order valence-corrected chi connectivity index (χ1v) is 11.5. The van der Waals surface area contributed by atoms with Gasteiger partial charge in [-0.2, -0.15) is 0 Å². The van der Waals surface area contributed by atoms with Gasteiger partial charge in [-0.25, -0.2) is 0 Å². The largest absolute Gasteiger partial charge is 0.378 e. The van der Waals surface area contributed by atoms with Crippen LogP contribution in [0.3, 0.4) is 0 Å². The van der Waals surface area contributed by atoms with E-state index in [1.54, 1.807) is 29.2 Å². The van der Waals surface area contributed by atoms with Crippen molar-refractivity contribution in [2.45, 2.75) is 19.1 Å². The molecule has 4 rings (SSSR count). The normalized spacial score (nSPS) is 17.3. The number of nitrogens with zero attached hydrogens (tertiary/aromatic N) is 2. The van der Waals surface area contributed by atoms with Gasteiger partial charge in [-0.15, -0.1) is 0 Å². The number of piperazine rings is 1. The molecule has 0 radical (unpaired) electrons. The molecular formula is C25H23Cl3N2O2. The Kier molecular flexibility index (Phi) is 6.96. The van der Waals surface area contributed by atoms with Crippen molar-refractivity contribution in [3.8, 4) is 0 Å². The number of aliphatic hydroxyl groups is 1. The van der Waals surface area contributed by atoms with E-state index in [1.807, 2.05) is 49.4 Å². The van der Waals surface area contributed by atoms with Gasteiger partial charge in [0.25, 0.3) is 5.91 Å². The van der Waals surface area contributed by atoms with E-state index in [2.05, 4.69) is 4.90 Å². The zero-order valence-corrected chi connectivity index (χ0v) is 19.8. The summed E-state index contributed by atoms with van der Waals surface area (Å²) in [5.74, 6) is -0.369. The van der Waals surface area contributed by atoms with E-state index in [0.29, 0.717) is 40.3 Å². The van der Waals surface area contributed by atoms with Crippen LogP contribution in [0.1, 0.15) is 28.8 Å². The third-order valence-corrected chi connectivity index (χ3v) is 6.69. The number of carbonyl (C=O) groups is 1. The highest BCUT2D eigenvalue weighted by molar-refractivity contribution is 6.33. The summed E-state index contributed by atoms with van der Waals surface area (Å²) in [6, 6.07) is 20.3. The van der Waals surface area contributed by atoms with Crippen LogP contribution in [0.25, 0.3) is 0 Å². The van der Waals surface area contributed by atoms with Crippen LogP contribution in [-0.2, 0) is 4.79 Å². The van der Waals surface area contributed by atoms with E-state index in [4.69, 9.17) is 34.8 Å². The van der Waals surface area contributed by atoms with Crippen molar-refractivity contribution in [3.63, 3.8) is 0 Å². The van der Waals surface area contributed by atoms with E-state index in [1.165, 1.54) is 0 Å². The van der Waals surface area contributed by atoms with Crippen molar-refractivity contribution in [2.75, 3.05) is 24.5 Å². The van der Waals surface area contributed by atoms with Gasteiger partial charge in [0, 0.05) is 35.2 Å². The lowest BCUT2D eigenvalue weighted by atomic mass is 9.99. The second-order valence-electron chi connectivity index (χ2n) is 7.92. The third kappa shape index (κ3) is 4.74. The lowest BCUT2D eigenvalue weighted by Gasteiger charge is -2.44. The highest BCUT2D eigenvalue weighted by Crippen LogP contribution is 2.37. The zero-order chi connectivity index (χ0) is 22.8. The van der Waals surface area contributed by atoms with Gasteiger partial charge in [0.15, 0.2) is 6.10 Å². The smallest absolute Gasteiger partial charge is 0.256 e. The van der Waals surface area contributed by atoms with E-state index in [0.717, 1.165) is 16.8 Å². The van der Waals surface area contributed by atoms with Gasteiger partial charge in [0.05, 0.1) is 16.8 Å². The second kappa shape index (κ2) is 9.72. The Bertz CT molecular complexity index is 1120. The zero-order valence-electron chi connectivity index (χ0n) is 17.5. The van der Waals surface area contributed by atoms with E-state index < -0.39 is 6.10 Å². The Hall–Kier alpha value is -2.24.